The molecular weight excluding hydrogens is 338 g/mol. The monoisotopic (exact) mass is 355 g/mol. The first kappa shape index (κ1) is 18.7. The Morgan fingerprint density at radius 3 is 2.54 bits per heavy atom. The lowest BCUT2D eigenvalue weighted by Crippen LogP contribution is -2.17. The van der Waals surface area contributed by atoms with Crippen molar-refractivity contribution in [3.8, 4) is 11.5 Å². The van der Waals surface area contributed by atoms with Crippen molar-refractivity contribution in [2.45, 2.75) is 0 Å². The van der Waals surface area contributed by atoms with E-state index in [4.69, 9.17) is 9.94 Å². The molecule has 0 aromatic heterocycles. The van der Waals surface area contributed by atoms with Crippen molar-refractivity contribution < 1.29 is 24.6 Å². The van der Waals surface area contributed by atoms with E-state index in [1.165, 1.54) is 30.9 Å². The Morgan fingerprint density at radius 2 is 1.88 bits per heavy atom. The smallest absolute Gasteiger partial charge is 0.271 e. The average Bonchev–Trinajstić information content (AvgIpc) is 2.67. The van der Waals surface area contributed by atoms with Crippen molar-refractivity contribution in [2.75, 3.05) is 7.11 Å². The molecule has 134 valence electrons. The van der Waals surface area contributed by atoms with Crippen LogP contribution in [0.1, 0.15) is 21.5 Å². The third kappa shape index (κ3) is 5.18. The van der Waals surface area contributed by atoms with Gasteiger partial charge >= 0.3 is 0 Å². The van der Waals surface area contributed by atoms with Crippen molar-refractivity contribution in [3.63, 3.8) is 0 Å². The number of hydrogen-bond donors (Lipinski definition) is 4. The van der Waals surface area contributed by atoms with Gasteiger partial charge < -0.3 is 9.84 Å². The number of benzene rings is 2. The number of nitrogens with zero attached hydrogens (tertiary/aromatic N) is 1. The van der Waals surface area contributed by atoms with Gasteiger partial charge in [-0.2, -0.15) is 5.10 Å². The fraction of sp³-hybridized carbons (Fsp3) is 0.0556. The molecule has 4 N–H and O–H groups in total. The Labute approximate surface area is 149 Å². The van der Waals surface area contributed by atoms with E-state index >= 15 is 0 Å². The van der Waals surface area contributed by atoms with Crippen LogP contribution in [-0.2, 0) is 4.79 Å². The molecular formula is C18H17N3O5. The number of methoxy groups -OCH3 is 1. The maximum atomic E-state index is 12.0. The van der Waals surface area contributed by atoms with Crippen LogP contribution in [0.15, 0.2) is 53.6 Å². The third-order valence-electron chi connectivity index (χ3n) is 3.31. The molecule has 0 radical (unpaired) electrons. The van der Waals surface area contributed by atoms with E-state index in [0.29, 0.717) is 22.4 Å². The summed E-state index contributed by atoms with van der Waals surface area (Å²) >= 11 is 0. The second kappa shape index (κ2) is 9.00. The summed E-state index contributed by atoms with van der Waals surface area (Å²) in [5, 5.41) is 22.0. The van der Waals surface area contributed by atoms with Gasteiger partial charge in [-0.05, 0) is 42.0 Å². The lowest BCUT2D eigenvalue weighted by Gasteiger charge is -2.03. The largest absolute Gasteiger partial charge is 0.507 e. The number of carbonyl (C=O) groups excluding carboxylic acids is 2. The van der Waals surface area contributed by atoms with Crippen LogP contribution in [0.4, 0.5) is 0 Å². The summed E-state index contributed by atoms with van der Waals surface area (Å²) in [7, 11) is 1.50. The molecule has 2 aromatic rings. The highest BCUT2D eigenvalue weighted by Gasteiger charge is 2.04. The van der Waals surface area contributed by atoms with Crippen LogP contribution in [0.5, 0.6) is 11.5 Å². The van der Waals surface area contributed by atoms with E-state index in [1.54, 1.807) is 36.4 Å². The number of hydrogen-bond acceptors (Lipinski definition) is 6. The van der Waals surface area contributed by atoms with Gasteiger partial charge in [0, 0.05) is 17.2 Å². The van der Waals surface area contributed by atoms with Crippen molar-refractivity contribution in [1.29, 1.82) is 0 Å². The normalized spacial score (nSPS) is 10.8. The minimum absolute atomic E-state index is 0.00635. The SMILES string of the molecule is COc1ccc(O)c(/C=N/NC(=O)c2ccc(/C=C/C(=O)NO)cc2)c1. The number of ether oxygens (including phenoxy) is 1. The fourth-order valence-electron chi connectivity index (χ4n) is 1.94. The molecule has 2 aromatic carbocycles. The van der Waals surface area contributed by atoms with E-state index in [9.17, 15) is 14.7 Å². The highest BCUT2D eigenvalue weighted by molar-refractivity contribution is 5.95. The molecule has 0 saturated carbocycles. The molecule has 0 bridgehead atoms. The van der Waals surface area contributed by atoms with Gasteiger partial charge in [0.2, 0.25) is 0 Å². The van der Waals surface area contributed by atoms with E-state index in [1.807, 2.05) is 0 Å². The predicted molar refractivity (Wildman–Crippen MR) is 95.1 cm³/mol. The molecule has 0 atom stereocenters. The molecule has 26 heavy (non-hydrogen) atoms. The summed E-state index contributed by atoms with van der Waals surface area (Å²) in [6, 6.07) is 11.0. The Morgan fingerprint density at radius 1 is 1.15 bits per heavy atom. The van der Waals surface area contributed by atoms with Crippen LogP contribution in [-0.4, -0.2) is 35.5 Å². The zero-order valence-corrected chi connectivity index (χ0v) is 13.8. The summed E-state index contributed by atoms with van der Waals surface area (Å²) in [5.74, 6) is -0.532. The van der Waals surface area contributed by atoms with Crippen molar-refractivity contribution in [2.24, 2.45) is 5.10 Å². The van der Waals surface area contributed by atoms with Gasteiger partial charge in [0.05, 0.1) is 13.3 Å². The van der Waals surface area contributed by atoms with Crippen LogP contribution in [0, 0.1) is 0 Å². The number of hydroxylamine groups is 1. The first-order valence-corrected chi connectivity index (χ1v) is 7.46. The van der Waals surface area contributed by atoms with Gasteiger partial charge in [-0.1, -0.05) is 12.1 Å². The zero-order chi connectivity index (χ0) is 18.9. The second-order valence-corrected chi connectivity index (χ2v) is 5.06. The first-order chi connectivity index (χ1) is 12.5. The van der Waals surface area contributed by atoms with Crippen LogP contribution in [0.3, 0.4) is 0 Å². The summed E-state index contributed by atoms with van der Waals surface area (Å²) in [6.07, 6.45) is 3.94. The number of phenolic OH excluding ortho intramolecular Hbond substituents is 1. The highest BCUT2D eigenvalue weighted by Crippen LogP contribution is 2.20. The van der Waals surface area contributed by atoms with E-state index in [2.05, 4.69) is 10.5 Å². The average molecular weight is 355 g/mol. The van der Waals surface area contributed by atoms with Gasteiger partial charge in [0.25, 0.3) is 11.8 Å². The van der Waals surface area contributed by atoms with Gasteiger partial charge in [-0.15, -0.1) is 0 Å². The molecule has 8 nitrogen and oxygen atoms in total. The summed E-state index contributed by atoms with van der Waals surface area (Å²) < 4.78 is 5.06. The van der Waals surface area contributed by atoms with E-state index in [0.717, 1.165) is 6.08 Å². The topological polar surface area (TPSA) is 120 Å². The van der Waals surface area contributed by atoms with Crippen LogP contribution < -0.4 is 15.6 Å². The molecule has 0 aliphatic rings. The van der Waals surface area contributed by atoms with Gasteiger partial charge in [-0.25, -0.2) is 10.9 Å². The van der Waals surface area contributed by atoms with Crippen LogP contribution >= 0.6 is 0 Å². The number of rotatable bonds is 6. The highest BCUT2D eigenvalue weighted by atomic mass is 16.5. The first-order valence-electron chi connectivity index (χ1n) is 7.46. The third-order valence-corrected chi connectivity index (χ3v) is 3.31. The Kier molecular flexibility index (Phi) is 6.47. The quantitative estimate of drug-likeness (QED) is 0.272. The number of nitrogens with one attached hydrogen (secondary N) is 2. The number of hydrazone groups is 1. The van der Waals surface area contributed by atoms with Gasteiger partial charge in [0.15, 0.2) is 0 Å². The van der Waals surface area contributed by atoms with Crippen molar-refractivity contribution in [1.82, 2.24) is 10.9 Å². The fourth-order valence-corrected chi connectivity index (χ4v) is 1.94. The molecule has 0 aliphatic carbocycles. The summed E-state index contributed by atoms with van der Waals surface area (Å²) in [4.78, 5) is 22.9. The standard InChI is InChI=1S/C18H17N3O5/c1-26-15-7-8-16(22)14(10-15)11-19-20-18(24)13-5-2-12(3-6-13)4-9-17(23)21-25/h2-11,22,25H,1H3,(H,20,24)(H,21,23)/b9-4+,19-11+. The number of amides is 2. The van der Waals surface area contributed by atoms with Crippen LogP contribution in [0.25, 0.3) is 6.08 Å². The minimum Gasteiger partial charge on any atom is -0.507 e. The maximum absolute atomic E-state index is 12.0. The predicted octanol–water partition coefficient (Wildman–Crippen LogP) is 1.68. The maximum Gasteiger partial charge on any atom is 0.271 e. The summed E-state index contributed by atoms with van der Waals surface area (Å²) in [5.41, 5.74) is 5.27. The number of carbonyl (C=O) groups is 2. The summed E-state index contributed by atoms with van der Waals surface area (Å²) in [6.45, 7) is 0. The Hall–Kier alpha value is -3.65. The Balaban J connectivity index is 1.99. The molecule has 0 aliphatic heterocycles. The molecule has 0 unspecified atom stereocenters. The molecule has 0 fully saturated rings. The van der Waals surface area contributed by atoms with E-state index in [-0.39, 0.29) is 5.75 Å². The van der Waals surface area contributed by atoms with Gasteiger partial charge in [-0.3, -0.25) is 14.8 Å². The van der Waals surface area contributed by atoms with Gasteiger partial charge in [0.1, 0.15) is 11.5 Å². The second-order valence-electron chi connectivity index (χ2n) is 5.06. The van der Waals surface area contributed by atoms with Crippen LogP contribution in [0.2, 0.25) is 0 Å². The lowest BCUT2D eigenvalue weighted by molar-refractivity contribution is -0.124. The minimum atomic E-state index is -0.651. The zero-order valence-electron chi connectivity index (χ0n) is 13.8. The molecule has 0 saturated heterocycles. The molecule has 8 heteroatoms. The number of phenols is 1. The molecule has 2 rings (SSSR count). The van der Waals surface area contributed by atoms with Crippen molar-refractivity contribution >= 4 is 24.1 Å². The molecule has 0 heterocycles. The van der Waals surface area contributed by atoms with E-state index < -0.39 is 11.8 Å². The molecule has 2 amide bonds. The Bertz CT molecular complexity index is 844. The van der Waals surface area contributed by atoms with Crippen molar-refractivity contribution in [3.05, 3.63) is 65.2 Å². The molecule has 0 spiro atoms. The number of aromatic hydroxyl groups is 1. The lowest BCUT2D eigenvalue weighted by atomic mass is 10.1.